The van der Waals surface area contributed by atoms with E-state index in [4.69, 9.17) is 9.47 Å². The van der Waals surface area contributed by atoms with Gasteiger partial charge in [0.05, 0.1) is 19.7 Å². The van der Waals surface area contributed by atoms with Gasteiger partial charge in [-0.15, -0.1) is 0 Å². The van der Waals surface area contributed by atoms with Crippen LogP contribution in [0.4, 0.5) is 0 Å². The molecule has 2 amide bonds. The lowest BCUT2D eigenvalue weighted by Crippen LogP contribution is -2.35. The van der Waals surface area contributed by atoms with Crippen molar-refractivity contribution < 1.29 is 19.1 Å². The molecule has 7 heteroatoms. The molecule has 0 spiro atoms. The van der Waals surface area contributed by atoms with Crippen LogP contribution in [0.15, 0.2) is 54.6 Å². The third-order valence-corrected chi connectivity index (χ3v) is 4.17. The van der Waals surface area contributed by atoms with Crippen molar-refractivity contribution in [2.24, 2.45) is 0 Å². The number of nitrogens with zero attached hydrogens (tertiary/aromatic N) is 1. The first-order chi connectivity index (χ1) is 13.6. The minimum atomic E-state index is -0.286. The average molecular weight is 379 g/mol. The normalized spacial score (nSPS) is 10.4. The number of rotatable bonds is 7. The predicted octanol–water partition coefficient (Wildman–Crippen LogP) is 2.41. The minimum Gasteiger partial charge on any atom is -0.493 e. The molecule has 0 saturated heterocycles. The Morgan fingerprint density at radius 3 is 2.32 bits per heavy atom. The van der Waals surface area contributed by atoms with E-state index < -0.39 is 0 Å². The summed E-state index contributed by atoms with van der Waals surface area (Å²) in [6, 6.07) is 16.0. The third-order valence-electron chi connectivity index (χ3n) is 4.17. The van der Waals surface area contributed by atoms with Crippen LogP contribution in [0.5, 0.6) is 11.5 Å². The number of carbonyl (C=O) groups excluding carboxylic acids is 2. The van der Waals surface area contributed by atoms with Gasteiger partial charge in [0.2, 0.25) is 0 Å². The lowest BCUT2D eigenvalue weighted by Gasteiger charge is -2.10. The number of benzene rings is 2. The first-order valence-corrected chi connectivity index (χ1v) is 8.76. The second kappa shape index (κ2) is 8.85. The van der Waals surface area contributed by atoms with Gasteiger partial charge >= 0.3 is 0 Å². The van der Waals surface area contributed by atoms with Gasteiger partial charge in [-0.2, -0.15) is 0 Å². The number of fused-ring (bicyclic) bond motifs is 1. The molecule has 7 nitrogen and oxygen atoms in total. The molecule has 0 aliphatic heterocycles. The number of hydrogen-bond donors (Lipinski definition) is 2. The van der Waals surface area contributed by atoms with E-state index in [0.717, 1.165) is 10.9 Å². The lowest BCUT2D eigenvalue weighted by molar-refractivity contribution is 0.0925. The quantitative estimate of drug-likeness (QED) is 0.616. The fourth-order valence-electron chi connectivity index (χ4n) is 2.71. The highest BCUT2D eigenvalue weighted by molar-refractivity contribution is 5.96. The van der Waals surface area contributed by atoms with Gasteiger partial charge in [0.15, 0.2) is 11.5 Å². The molecular weight excluding hydrogens is 358 g/mol. The second-order valence-corrected chi connectivity index (χ2v) is 5.97. The predicted molar refractivity (Wildman–Crippen MR) is 106 cm³/mol. The van der Waals surface area contributed by atoms with Crippen molar-refractivity contribution in [1.82, 2.24) is 15.6 Å². The molecule has 0 aliphatic carbocycles. The van der Waals surface area contributed by atoms with E-state index >= 15 is 0 Å². The standard InChI is InChI=1S/C21H21N3O4/c1-27-18-10-8-15(13-19(18)28-2)20(25)22-11-12-23-21(26)17-9-7-14-5-3-4-6-16(14)24-17/h3-10,13H,11-12H2,1-2H3,(H,22,25)(H,23,26). The van der Waals surface area contributed by atoms with Crippen LogP contribution in [0.3, 0.4) is 0 Å². The number of aromatic nitrogens is 1. The summed E-state index contributed by atoms with van der Waals surface area (Å²) in [5.74, 6) is 0.477. The molecule has 1 heterocycles. The SMILES string of the molecule is COc1ccc(C(=O)NCCNC(=O)c2ccc3ccccc3n2)cc1OC. The van der Waals surface area contributed by atoms with Gasteiger partial charge in [-0.05, 0) is 30.3 Å². The second-order valence-electron chi connectivity index (χ2n) is 5.97. The summed E-state index contributed by atoms with van der Waals surface area (Å²) in [6.07, 6.45) is 0. The van der Waals surface area contributed by atoms with Crippen LogP contribution in [0, 0.1) is 0 Å². The van der Waals surface area contributed by atoms with Gasteiger partial charge in [0.25, 0.3) is 11.8 Å². The number of hydrogen-bond acceptors (Lipinski definition) is 5. The van der Waals surface area contributed by atoms with Crippen LogP contribution in [-0.4, -0.2) is 44.1 Å². The number of para-hydroxylation sites is 1. The molecule has 0 bridgehead atoms. The van der Waals surface area contributed by atoms with Crippen molar-refractivity contribution in [1.29, 1.82) is 0 Å². The Kier molecular flexibility index (Phi) is 6.06. The molecule has 144 valence electrons. The van der Waals surface area contributed by atoms with Crippen LogP contribution in [-0.2, 0) is 0 Å². The number of pyridine rings is 1. The van der Waals surface area contributed by atoms with Crippen molar-refractivity contribution in [2.75, 3.05) is 27.3 Å². The van der Waals surface area contributed by atoms with Gasteiger partial charge < -0.3 is 20.1 Å². The maximum absolute atomic E-state index is 12.2. The van der Waals surface area contributed by atoms with E-state index in [-0.39, 0.29) is 24.9 Å². The summed E-state index contributed by atoms with van der Waals surface area (Å²) in [5, 5.41) is 6.48. The Bertz CT molecular complexity index is 1000. The number of carbonyl (C=O) groups is 2. The Morgan fingerprint density at radius 1 is 0.857 bits per heavy atom. The highest BCUT2D eigenvalue weighted by atomic mass is 16.5. The maximum atomic E-state index is 12.2. The highest BCUT2D eigenvalue weighted by Gasteiger charge is 2.11. The molecular formula is C21H21N3O4. The zero-order valence-corrected chi connectivity index (χ0v) is 15.7. The third kappa shape index (κ3) is 4.37. The molecule has 0 aliphatic rings. The number of ether oxygens (including phenoxy) is 2. The number of amides is 2. The van der Waals surface area contributed by atoms with Crippen LogP contribution in [0.2, 0.25) is 0 Å². The van der Waals surface area contributed by atoms with Crippen molar-refractivity contribution in [2.45, 2.75) is 0 Å². The zero-order valence-electron chi connectivity index (χ0n) is 15.7. The highest BCUT2D eigenvalue weighted by Crippen LogP contribution is 2.27. The number of nitrogens with one attached hydrogen (secondary N) is 2. The zero-order chi connectivity index (χ0) is 19.9. The molecule has 3 aromatic rings. The Balaban J connectivity index is 1.52. The van der Waals surface area contributed by atoms with Crippen molar-refractivity contribution in [3.63, 3.8) is 0 Å². The maximum Gasteiger partial charge on any atom is 0.269 e. The summed E-state index contributed by atoms with van der Waals surface area (Å²) >= 11 is 0. The summed E-state index contributed by atoms with van der Waals surface area (Å²) in [7, 11) is 3.04. The van der Waals surface area contributed by atoms with Gasteiger partial charge in [-0.25, -0.2) is 4.98 Å². The molecule has 3 rings (SSSR count). The Hall–Kier alpha value is -3.61. The lowest BCUT2D eigenvalue weighted by atomic mass is 10.2. The average Bonchev–Trinajstić information content (AvgIpc) is 2.75. The molecule has 1 aromatic heterocycles. The van der Waals surface area contributed by atoms with E-state index in [0.29, 0.717) is 22.8 Å². The number of methoxy groups -OCH3 is 2. The fraction of sp³-hybridized carbons (Fsp3) is 0.190. The molecule has 0 atom stereocenters. The Labute approximate surface area is 162 Å². The van der Waals surface area contributed by atoms with Gasteiger partial charge in [0.1, 0.15) is 5.69 Å². The molecule has 28 heavy (non-hydrogen) atoms. The first-order valence-electron chi connectivity index (χ1n) is 8.76. The monoisotopic (exact) mass is 379 g/mol. The summed E-state index contributed by atoms with van der Waals surface area (Å²) in [6.45, 7) is 0.568. The van der Waals surface area contributed by atoms with Crippen LogP contribution >= 0.6 is 0 Å². The van der Waals surface area contributed by atoms with Gasteiger partial charge in [0, 0.05) is 24.0 Å². The van der Waals surface area contributed by atoms with E-state index in [1.165, 1.54) is 14.2 Å². The topological polar surface area (TPSA) is 89.6 Å². The van der Waals surface area contributed by atoms with Crippen molar-refractivity contribution >= 4 is 22.7 Å². The van der Waals surface area contributed by atoms with Crippen LogP contribution in [0.1, 0.15) is 20.8 Å². The molecule has 2 N–H and O–H groups in total. The minimum absolute atomic E-state index is 0.265. The van der Waals surface area contributed by atoms with E-state index in [1.807, 2.05) is 30.3 Å². The molecule has 0 saturated carbocycles. The summed E-state index contributed by atoms with van der Waals surface area (Å²) in [4.78, 5) is 28.8. The smallest absolute Gasteiger partial charge is 0.269 e. The Morgan fingerprint density at radius 2 is 1.57 bits per heavy atom. The van der Waals surface area contributed by atoms with Gasteiger partial charge in [-0.3, -0.25) is 9.59 Å². The molecule has 2 aromatic carbocycles. The molecule has 0 radical (unpaired) electrons. The van der Waals surface area contributed by atoms with Crippen molar-refractivity contribution in [3.05, 3.63) is 65.9 Å². The van der Waals surface area contributed by atoms with E-state index in [9.17, 15) is 9.59 Å². The van der Waals surface area contributed by atoms with E-state index in [2.05, 4.69) is 15.6 Å². The van der Waals surface area contributed by atoms with Crippen LogP contribution < -0.4 is 20.1 Å². The molecule has 0 unspecified atom stereocenters. The first kappa shape index (κ1) is 19.2. The fourth-order valence-corrected chi connectivity index (χ4v) is 2.71. The molecule has 0 fully saturated rings. The van der Waals surface area contributed by atoms with Gasteiger partial charge in [-0.1, -0.05) is 24.3 Å². The van der Waals surface area contributed by atoms with Crippen LogP contribution in [0.25, 0.3) is 10.9 Å². The summed E-state index contributed by atoms with van der Waals surface area (Å²) < 4.78 is 10.3. The largest absolute Gasteiger partial charge is 0.493 e. The van der Waals surface area contributed by atoms with Crippen molar-refractivity contribution in [3.8, 4) is 11.5 Å². The van der Waals surface area contributed by atoms with E-state index in [1.54, 1.807) is 24.3 Å². The summed E-state index contributed by atoms with van der Waals surface area (Å²) in [5.41, 5.74) is 1.54.